The van der Waals surface area contributed by atoms with Gasteiger partial charge in [-0.3, -0.25) is 4.79 Å². The molecule has 1 aliphatic heterocycles. The number of halogens is 1. The summed E-state index contributed by atoms with van der Waals surface area (Å²) in [5.74, 6) is -0.312. The van der Waals surface area contributed by atoms with Gasteiger partial charge in [0.05, 0.1) is 0 Å². The van der Waals surface area contributed by atoms with Gasteiger partial charge in [0.25, 0.3) is 0 Å². The number of carbonyl (C=O) groups excluding carboxylic acids is 1. The minimum Gasteiger partial charge on any atom is -0.353 e. The SMILES string of the molecule is CN(C)C1(CNC(=O)C2(S(C)(=O)=O)CCNCC2)CCCCC1.Cl. The van der Waals surface area contributed by atoms with Crippen molar-refractivity contribution in [2.75, 3.05) is 40.0 Å². The Morgan fingerprint density at radius 3 is 2.08 bits per heavy atom. The van der Waals surface area contributed by atoms with Crippen molar-refractivity contribution >= 4 is 28.2 Å². The van der Waals surface area contributed by atoms with E-state index >= 15 is 0 Å². The minimum absolute atomic E-state index is 0. The zero-order valence-electron chi connectivity index (χ0n) is 15.1. The molecule has 0 atom stereocenters. The van der Waals surface area contributed by atoms with Crippen LogP contribution in [0.15, 0.2) is 0 Å². The molecule has 0 aromatic heterocycles. The standard InChI is InChI=1S/C16H31N3O3S.ClH/c1-19(2)15(7-5-4-6-8-15)13-18-14(20)16(23(3,21)22)9-11-17-12-10-16;/h17H,4-13H2,1-3H3,(H,18,20);1H. The first-order valence-electron chi connectivity index (χ1n) is 8.60. The second-order valence-electron chi connectivity index (χ2n) is 7.38. The monoisotopic (exact) mass is 381 g/mol. The van der Waals surface area contributed by atoms with Crippen LogP contribution >= 0.6 is 12.4 Å². The van der Waals surface area contributed by atoms with E-state index in [1.54, 1.807) is 0 Å². The lowest BCUT2D eigenvalue weighted by Crippen LogP contribution is -2.61. The van der Waals surface area contributed by atoms with E-state index in [-0.39, 0.29) is 23.9 Å². The molecule has 1 aliphatic carbocycles. The quantitative estimate of drug-likeness (QED) is 0.741. The highest BCUT2D eigenvalue weighted by Crippen LogP contribution is 2.33. The summed E-state index contributed by atoms with van der Waals surface area (Å²) in [6.07, 6.45) is 7.56. The van der Waals surface area contributed by atoms with Gasteiger partial charge in [0.2, 0.25) is 5.91 Å². The second-order valence-corrected chi connectivity index (χ2v) is 9.70. The summed E-state index contributed by atoms with van der Waals surface area (Å²) in [6, 6.07) is 0. The molecule has 0 unspecified atom stereocenters. The van der Waals surface area contributed by atoms with Gasteiger partial charge in [-0.2, -0.15) is 0 Å². The topological polar surface area (TPSA) is 78.5 Å². The van der Waals surface area contributed by atoms with Gasteiger partial charge >= 0.3 is 0 Å². The summed E-state index contributed by atoms with van der Waals surface area (Å²) in [6.45, 7) is 1.67. The fraction of sp³-hybridized carbons (Fsp3) is 0.938. The van der Waals surface area contributed by atoms with Crippen molar-refractivity contribution in [1.82, 2.24) is 15.5 Å². The Labute approximate surface area is 152 Å². The van der Waals surface area contributed by atoms with Crippen LogP contribution < -0.4 is 10.6 Å². The average Bonchev–Trinajstić information content (AvgIpc) is 2.53. The molecule has 142 valence electrons. The Bertz CT molecular complexity index is 525. The van der Waals surface area contributed by atoms with Crippen LogP contribution in [0.1, 0.15) is 44.9 Å². The number of hydrogen-bond acceptors (Lipinski definition) is 5. The van der Waals surface area contributed by atoms with E-state index in [4.69, 9.17) is 0 Å². The third kappa shape index (κ3) is 4.23. The van der Waals surface area contributed by atoms with E-state index in [2.05, 4.69) is 15.5 Å². The van der Waals surface area contributed by atoms with E-state index in [0.717, 1.165) is 25.7 Å². The van der Waals surface area contributed by atoms with Crippen molar-refractivity contribution in [3.05, 3.63) is 0 Å². The number of likely N-dealkylation sites (N-methyl/N-ethyl adjacent to an activating group) is 1. The number of nitrogens with zero attached hydrogens (tertiary/aromatic N) is 1. The van der Waals surface area contributed by atoms with Gasteiger partial charge in [0.1, 0.15) is 0 Å². The van der Waals surface area contributed by atoms with Crippen LogP contribution in [-0.2, 0) is 14.6 Å². The molecule has 0 aromatic rings. The molecule has 8 heteroatoms. The van der Waals surface area contributed by atoms with Gasteiger partial charge in [-0.1, -0.05) is 19.3 Å². The summed E-state index contributed by atoms with van der Waals surface area (Å²) < 4.78 is 23.4. The molecule has 1 saturated heterocycles. The van der Waals surface area contributed by atoms with Crippen molar-refractivity contribution in [1.29, 1.82) is 0 Å². The van der Waals surface area contributed by atoms with Crippen molar-refractivity contribution in [2.45, 2.75) is 55.2 Å². The predicted octanol–water partition coefficient (Wildman–Crippen LogP) is 0.956. The maximum Gasteiger partial charge on any atom is 0.241 e. The Morgan fingerprint density at radius 1 is 1.08 bits per heavy atom. The molecule has 1 heterocycles. The minimum atomic E-state index is -3.45. The lowest BCUT2D eigenvalue weighted by atomic mass is 9.80. The Hall–Kier alpha value is -0.370. The van der Waals surface area contributed by atoms with Crippen LogP contribution in [0.4, 0.5) is 0 Å². The van der Waals surface area contributed by atoms with E-state index in [1.807, 2.05) is 14.1 Å². The van der Waals surface area contributed by atoms with Gasteiger partial charge < -0.3 is 15.5 Å². The molecule has 2 rings (SSSR count). The summed E-state index contributed by atoms with van der Waals surface area (Å²) in [7, 11) is 0.655. The zero-order chi connectivity index (χ0) is 17.1. The molecule has 1 saturated carbocycles. The molecular formula is C16H32ClN3O3S. The predicted molar refractivity (Wildman–Crippen MR) is 99.4 cm³/mol. The first kappa shape index (κ1) is 21.7. The highest BCUT2D eigenvalue weighted by atomic mass is 35.5. The summed E-state index contributed by atoms with van der Waals surface area (Å²) >= 11 is 0. The Balaban J connectivity index is 0.00000288. The first-order valence-corrected chi connectivity index (χ1v) is 10.5. The van der Waals surface area contributed by atoms with Gasteiger partial charge in [0, 0.05) is 18.3 Å². The third-order valence-electron chi connectivity index (χ3n) is 5.85. The number of hydrogen-bond donors (Lipinski definition) is 2. The normalized spacial score (nSPS) is 23.3. The average molecular weight is 382 g/mol. The first-order chi connectivity index (χ1) is 10.7. The summed E-state index contributed by atoms with van der Waals surface area (Å²) in [5, 5.41) is 6.15. The molecule has 6 nitrogen and oxygen atoms in total. The molecule has 2 fully saturated rings. The lowest BCUT2D eigenvalue weighted by Gasteiger charge is -2.44. The van der Waals surface area contributed by atoms with Crippen LogP contribution in [0, 0.1) is 0 Å². The van der Waals surface area contributed by atoms with Gasteiger partial charge in [-0.25, -0.2) is 8.42 Å². The number of piperidine rings is 1. The van der Waals surface area contributed by atoms with E-state index in [0.29, 0.717) is 32.5 Å². The van der Waals surface area contributed by atoms with Crippen molar-refractivity contribution in [3.63, 3.8) is 0 Å². The number of nitrogens with one attached hydrogen (secondary N) is 2. The molecule has 0 aromatic carbocycles. The molecule has 1 amide bonds. The highest BCUT2D eigenvalue weighted by molar-refractivity contribution is 7.92. The molecule has 24 heavy (non-hydrogen) atoms. The second kappa shape index (κ2) is 8.34. The van der Waals surface area contributed by atoms with Crippen molar-refractivity contribution < 1.29 is 13.2 Å². The molecular weight excluding hydrogens is 350 g/mol. The van der Waals surface area contributed by atoms with Crippen LogP contribution in [0.5, 0.6) is 0 Å². The zero-order valence-corrected chi connectivity index (χ0v) is 16.7. The van der Waals surface area contributed by atoms with Gasteiger partial charge in [-0.05, 0) is 52.9 Å². The smallest absolute Gasteiger partial charge is 0.241 e. The number of sulfone groups is 1. The summed E-state index contributed by atoms with van der Waals surface area (Å²) in [5.41, 5.74) is -0.0421. The van der Waals surface area contributed by atoms with Crippen LogP contribution in [0.25, 0.3) is 0 Å². The van der Waals surface area contributed by atoms with E-state index < -0.39 is 14.6 Å². The van der Waals surface area contributed by atoms with Gasteiger partial charge in [-0.15, -0.1) is 12.4 Å². The maximum atomic E-state index is 12.8. The number of rotatable bonds is 5. The molecule has 2 aliphatic rings. The highest BCUT2D eigenvalue weighted by Gasteiger charge is 2.49. The maximum absolute atomic E-state index is 12.8. The van der Waals surface area contributed by atoms with Gasteiger partial charge in [0.15, 0.2) is 14.6 Å². The Kier molecular flexibility index (Phi) is 7.53. The third-order valence-corrected chi connectivity index (χ3v) is 7.86. The molecule has 0 radical (unpaired) electrons. The van der Waals surface area contributed by atoms with Crippen molar-refractivity contribution in [2.24, 2.45) is 0 Å². The van der Waals surface area contributed by atoms with Crippen LogP contribution in [-0.4, -0.2) is 69.5 Å². The van der Waals surface area contributed by atoms with Crippen molar-refractivity contribution in [3.8, 4) is 0 Å². The molecule has 0 spiro atoms. The molecule has 2 N–H and O–H groups in total. The fourth-order valence-electron chi connectivity index (χ4n) is 3.99. The van der Waals surface area contributed by atoms with E-state index in [9.17, 15) is 13.2 Å². The van der Waals surface area contributed by atoms with Crippen LogP contribution in [0.3, 0.4) is 0 Å². The van der Waals surface area contributed by atoms with E-state index in [1.165, 1.54) is 12.7 Å². The van der Waals surface area contributed by atoms with Crippen LogP contribution in [0.2, 0.25) is 0 Å². The fourth-order valence-corrected chi connectivity index (χ4v) is 5.35. The number of amides is 1. The summed E-state index contributed by atoms with van der Waals surface area (Å²) in [4.78, 5) is 15.0. The lowest BCUT2D eigenvalue weighted by molar-refractivity contribution is -0.125. The largest absolute Gasteiger partial charge is 0.353 e. The number of carbonyl (C=O) groups is 1. The Morgan fingerprint density at radius 2 is 1.62 bits per heavy atom. The molecule has 0 bridgehead atoms.